The van der Waals surface area contributed by atoms with Crippen LogP contribution in [-0.4, -0.2) is 193 Å². The van der Waals surface area contributed by atoms with E-state index in [0.717, 1.165) is 38.7 Å². The molecule has 0 fully saturated rings. The summed E-state index contributed by atoms with van der Waals surface area (Å²) >= 11 is 32.4. The summed E-state index contributed by atoms with van der Waals surface area (Å²) in [7, 11) is 0. The number of nitrogens with two attached hydrogens (primary N) is 2. The molecule has 0 aliphatic carbocycles. The number of unbranched alkanes of at least 4 members (excludes halogenated alkanes) is 2. The highest BCUT2D eigenvalue weighted by Crippen LogP contribution is 2.06. The molecule has 0 aliphatic rings. The van der Waals surface area contributed by atoms with E-state index in [0.29, 0.717) is 70.7 Å². The molecule has 73 heavy (non-hydrogen) atoms. The first-order valence-corrected chi connectivity index (χ1v) is 26.8. The average Bonchev–Trinajstić information content (AvgIpc) is 3.35. The standard InChI is InChI=1S/C19H31Cl4N3O4.C19H27N3O4.C7H19N3.C3H4Cl2O.FH/c20-7-3-16(27)2-1-12-25(18(29)5-9-22)14-15-26(19(30)6-10-23)13-11-24-17(28)4-8-21;1-5-16(23)10-9-12-21(18(25)7-3)14-15-22(19(26)8-4)13-11-20-17(24)6-2;8-4-2-1-3-6-10-7-5-9;4-2-1-3(5)6;/h1-15H2,(H,24,28);5-8H,1-4,9-15H2,(H,20,24);10H,1-9H2;1-2H2;1H. The Morgan fingerprint density at radius 2 is 0.904 bits per heavy atom. The molecule has 0 atom stereocenters. The molecular formula is C48H82Cl6FN9O9. The first kappa shape index (κ1) is 78.2. The van der Waals surface area contributed by atoms with Gasteiger partial charge in [-0.05, 0) is 74.7 Å². The van der Waals surface area contributed by atoms with Crippen LogP contribution in [0.5, 0.6) is 0 Å². The fraction of sp³-hybridized carbons (Fsp3) is 0.646. The van der Waals surface area contributed by atoms with Crippen molar-refractivity contribution in [3.8, 4) is 0 Å². The zero-order valence-corrected chi connectivity index (χ0v) is 46.9. The van der Waals surface area contributed by atoms with E-state index >= 15 is 0 Å². The van der Waals surface area contributed by atoms with Crippen LogP contribution in [0.25, 0.3) is 0 Å². The van der Waals surface area contributed by atoms with Gasteiger partial charge in [0.25, 0.3) is 0 Å². The molecular weight excluding hydrogens is 1080 g/mol. The quantitative estimate of drug-likeness (QED) is 0.0242. The number of Topliss-reactive ketones (excluding diaryl/α,β-unsaturated/α-hetero) is 1. The van der Waals surface area contributed by atoms with Crippen molar-refractivity contribution in [2.75, 3.05) is 121 Å². The van der Waals surface area contributed by atoms with Gasteiger partial charge in [0, 0.05) is 153 Å². The highest BCUT2D eigenvalue weighted by atomic mass is 35.5. The van der Waals surface area contributed by atoms with Crippen LogP contribution in [0.1, 0.15) is 77.0 Å². The number of nitrogens with zero attached hydrogens (tertiary/aromatic N) is 4. The fourth-order valence-corrected chi connectivity index (χ4v) is 6.68. The number of alkyl halides is 5. The molecule has 0 unspecified atom stereocenters. The fourth-order valence-electron chi connectivity index (χ4n) is 5.61. The van der Waals surface area contributed by atoms with Crippen molar-refractivity contribution in [2.24, 2.45) is 11.5 Å². The Morgan fingerprint density at radius 1 is 0.438 bits per heavy atom. The topological polar surface area (TPSA) is 255 Å². The number of allylic oxidation sites excluding steroid dienone is 1. The lowest BCUT2D eigenvalue weighted by molar-refractivity contribution is -0.135. The minimum atomic E-state index is -0.370. The number of carbonyl (C=O) groups is 9. The van der Waals surface area contributed by atoms with Gasteiger partial charge in [-0.1, -0.05) is 32.7 Å². The molecule has 25 heteroatoms. The molecule has 0 aromatic heterocycles. The summed E-state index contributed by atoms with van der Waals surface area (Å²) in [4.78, 5) is 110. The molecule has 0 aliphatic heterocycles. The summed E-state index contributed by atoms with van der Waals surface area (Å²) in [5.41, 5.74) is 10.6. The largest absolute Gasteiger partial charge is 0.354 e. The third kappa shape index (κ3) is 51.6. The first-order valence-electron chi connectivity index (χ1n) is 23.8. The number of rotatable bonds is 41. The number of amides is 6. The van der Waals surface area contributed by atoms with Crippen molar-refractivity contribution in [2.45, 2.75) is 77.0 Å². The predicted molar refractivity (Wildman–Crippen MR) is 296 cm³/mol. The zero-order valence-electron chi connectivity index (χ0n) is 42.4. The van der Waals surface area contributed by atoms with Gasteiger partial charge in [-0.3, -0.25) is 47.9 Å². The number of carbonyl (C=O) groups excluding carboxylic acids is 9. The Hall–Kier alpha value is -3.66. The van der Waals surface area contributed by atoms with Crippen molar-refractivity contribution >= 4 is 122 Å². The van der Waals surface area contributed by atoms with E-state index in [9.17, 15) is 43.2 Å². The minimum absolute atomic E-state index is 0. The van der Waals surface area contributed by atoms with Crippen LogP contribution in [0.2, 0.25) is 0 Å². The van der Waals surface area contributed by atoms with Crippen LogP contribution in [-0.2, 0) is 43.2 Å². The van der Waals surface area contributed by atoms with E-state index in [-0.39, 0.29) is 139 Å². The average molecular weight is 1160 g/mol. The van der Waals surface area contributed by atoms with Crippen LogP contribution in [0.3, 0.4) is 0 Å². The van der Waals surface area contributed by atoms with Crippen LogP contribution in [0.15, 0.2) is 50.6 Å². The van der Waals surface area contributed by atoms with Gasteiger partial charge < -0.3 is 47.0 Å². The van der Waals surface area contributed by atoms with E-state index in [1.165, 1.54) is 40.9 Å². The van der Waals surface area contributed by atoms with E-state index in [4.69, 9.17) is 81.1 Å². The Morgan fingerprint density at radius 3 is 1.36 bits per heavy atom. The summed E-state index contributed by atoms with van der Waals surface area (Å²) in [5, 5.41) is 8.15. The van der Waals surface area contributed by atoms with Gasteiger partial charge in [0.05, 0.1) is 0 Å². The van der Waals surface area contributed by atoms with Crippen molar-refractivity contribution in [3.63, 3.8) is 0 Å². The van der Waals surface area contributed by atoms with Crippen molar-refractivity contribution < 1.29 is 47.9 Å². The van der Waals surface area contributed by atoms with Gasteiger partial charge in [-0.25, -0.2) is 0 Å². The molecule has 0 aromatic carbocycles. The van der Waals surface area contributed by atoms with E-state index in [1.54, 1.807) is 9.80 Å². The van der Waals surface area contributed by atoms with E-state index in [1.807, 2.05) is 0 Å². The number of halogens is 7. The molecule has 0 radical (unpaired) electrons. The summed E-state index contributed by atoms with van der Waals surface area (Å²) in [5.74, 6) is -0.185. The molecule has 0 spiro atoms. The lowest BCUT2D eigenvalue weighted by Crippen LogP contribution is -2.44. The Bertz CT molecular complexity index is 1490. The third-order valence-corrected chi connectivity index (χ3v) is 10.6. The minimum Gasteiger partial charge on any atom is -0.354 e. The van der Waals surface area contributed by atoms with Gasteiger partial charge in [0.15, 0.2) is 5.78 Å². The molecule has 422 valence electrons. The van der Waals surface area contributed by atoms with Gasteiger partial charge in [-0.15, -0.1) is 58.0 Å². The molecule has 6 amide bonds. The van der Waals surface area contributed by atoms with E-state index < -0.39 is 0 Å². The van der Waals surface area contributed by atoms with Crippen LogP contribution >= 0.6 is 69.6 Å². The maximum Gasteiger partial charge on any atom is 0.246 e. The number of hydrogen-bond acceptors (Lipinski definition) is 12. The van der Waals surface area contributed by atoms with Crippen LogP contribution < -0.4 is 27.4 Å². The Labute approximate surface area is 463 Å². The summed E-state index contributed by atoms with van der Waals surface area (Å²) in [6.07, 6.45) is 11.2. The van der Waals surface area contributed by atoms with Crippen molar-refractivity contribution in [3.05, 3.63) is 50.6 Å². The molecule has 0 saturated carbocycles. The lowest BCUT2D eigenvalue weighted by Gasteiger charge is -2.28. The number of ketones is 2. The Balaban J connectivity index is -0.000000323. The molecule has 0 bridgehead atoms. The monoisotopic (exact) mass is 1160 g/mol. The third-order valence-electron chi connectivity index (χ3n) is 9.47. The number of nitrogens with one attached hydrogen (secondary N) is 3. The van der Waals surface area contributed by atoms with Crippen molar-refractivity contribution in [1.29, 1.82) is 0 Å². The van der Waals surface area contributed by atoms with Gasteiger partial charge in [0.2, 0.25) is 40.7 Å². The maximum absolute atomic E-state index is 12.4. The van der Waals surface area contributed by atoms with Crippen molar-refractivity contribution in [1.82, 2.24) is 35.6 Å². The van der Waals surface area contributed by atoms with E-state index in [2.05, 4.69) is 42.3 Å². The van der Waals surface area contributed by atoms with Crippen LogP contribution in [0, 0.1) is 0 Å². The highest BCUT2D eigenvalue weighted by Gasteiger charge is 2.19. The second-order valence-corrected chi connectivity index (χ2v) is 17.3. The van der Waals surface area contributed by atoms with Gasteiger partial charge in [-0.2, -0.15) is 0 Å². The predicted octanol–water partition coefficient (Wildman–Crippen LogP) is 4.67. The molecule has 0 rings (SSSR count). The molecule has 0 aromatic rings. The first-order chi connectivity index (χ1) is 34.5. The lowest BCUT2D eigenvalue weighted by atomic mass is 10.1. The highest BCUT2D eigenvalue weighted by molar-refractivity contribution is 6.63. The van der Waals surface area contributed by atoms with Gasteiger partial charge in [0.1, 0.15) is 5.78 Å². The summed E-state index contributed by atoms with van der Waals surface area (Å²) in [6, 6.07) is 0. The number of hydrogen-bond donors (Lipinski definition) is 5. The maximum atomic E-state index is 12.4. The SMILES string of the molecule is C=CC(=O)CCCN(CCN(CCNC(=O)C=C)C(=O)C=C)C(=O)C=C.F.NCCCCCNCCN.O=C(CCCl)CCCN(CCN(CCNC(=O)CCCl)C(=O)CCCl)C(=O)CCCl.O=C(Cl)CCCl. The van der Waals surface area contributed by atoms with Crippen LogP contribution in [0.4, 0.5) is 4.70 Å². The van der Waals surface area contributed by atoms with Gasteiger partial charge >= 0.3 is 0 Å². The molecule has 7 N–H and O–H groups in total. The second kappa shape index (κ2) is 57.6. The summed E-state index contributed by atoms with van der Waals surface area (Å²) < 4.78 is 0. The normalized spacial score (nSPS) is 9.81. The second-order valence-electron chi connectivity index (χ2n) is 15.0. The smallest absolute Gasteiger partial charge is 0.246 e. The molecule has 0 saturated heterocycles. The zero-order chi connectivity index (χ0) is 55.4. The Kier molecular flexibility index (Phi) is 61.7. The molecule has 18 nitrogen and oxygen atoms in total. The summed E-state index contributed by atoms with van der Waals surface area (Å²) in [6.45, 7) is 20.3. The molecule has 0 heterocycles.